The van der Waals surface area contributed by atoms with Crippen molar-refractivity contribution in [1.82, 2.24) is 5.32 Å². The Bertz CT molecular complexity index is 143. The summed E-state index contributed by atoms with van der Waals surface area (Å²) in [6.45, 7) is 7.25. The minimum absolute atomic E-state index is 0.756. The molecule has 1 fully saturated rings. The van der Waals surface area contributed by atoms with Crippen LogP contribution in [0.15, 0.2) is 0 Å². The molecule has 2 atom stereocenters. The fraction of sp³-hybridized carbons (Fsp3) is 1.00. The average Bonchev–Trinajstić information content (AvgIpc) is 2.63. The van der Waals surface area contributed by atoms with Crippen LogP contribution in [-0.4, -0.2) is 36.8 Å². The van der Waals surface area contributed by atoms with Crippen molar-refractivity contribution in [3.05, 3.63) is 0 Å². The molecule has 1 aliphatic heterocycles. The van der Waals surface area contributed by atoms with E-state index in [0.717, 1.165) is 24.5 Å². The van der Waals surface area contributed by atoms with Gasteiger partial charge in [-0.15, -0.1) is 0 Å². The van der Waals surface area contributed by atoms with Gasteiger partial charge in [0.2, 0.25) is 0 Å². The Morgan fingerprint density at radius 2 is 2.29 bits per heavy atom. The summed E-state index contributed by atoms with van der Waals surface area (Å²) in [5.74, 6) is 1.29. The molecule has 1 saturated heterocycles. The van der Waals surface area contributed by atoms with Crippen LogP contribution in [0.5, 0.6) is 0 Å². The lowest BCUT2D eigenvalue weighted by atomic mass is 10.1. The van der Waals surface area contributed by atoms with Crippen LogP contribution in [0.3, 0.4) is 0 Å². The van der Waals surface area contributed by atoms with Crippen LogP contribution in [0.4, 0.5) is 0 Å². The second kappa shape index (κ2) is 7.55. The maximum absolute atomic E-state index is 5.38. The van der Waals surface area contributed by atoms with Crippen molar-refractivity contribution >= 4 is 11.8 Å². The molecule has 0 aliphatic carbocycles. The summed E-state index contributed by atoms with van der Waals surface area (Å²) in [5, 5.41) is 4.42. The molecule has 0 aromatic rings. The molecule has 1 aliphatic rings. The van der Waals surface area contributed by atoms with Crippen LogP contribution in [-0.2, 0) is 4.74 Å². The molecule has 1 N–H and O–H groups in total. The Labute approximate surface area is 92.2 Å². The molecule has 3 heteroatoms. The van der Waals surface area contributed by atoms with E-state index in [9.17, 15) is 0 Å². The summed E-state index contributed by atoms with van der Waals surface area (Å²) >= 11 is 2.11. The molecule has 0 bridgehead atoms. The quantitative estimate of drug-likeness (QED) is 0.661. The average molecular weight is 217 g/mol. The van der Waals surface area contributed by atoms with Crippen LogP contribution in [0.2, 0.25) is 0 Å². The van der Waals surface area contributed by atoms with Gasteiger partial charge in [-0.05, 0) is 32.7 Å². The molecule has 1 heterocycles. The Balaban J connectivity index is 2.02. The van der Waals surface area contributed by atoms with Crippen molar-refractivity contribution in [1.29, 1.82) is 0 Å². The first kappa shape index (κ1) is 12.3. The molecule has 84 valence electrons. The Morgan fingerprint density at radius 1 is 1.43 bits per heavy atom. The topological polar surface area (TPSA) is 21.3 Å². The summed E-state index contributed by atoms with van der Waals surface area (Å²) < 4.78 is 5.38. The first-order chi connectivity index (χ1) is 6.86. The zero-order valence-electron chi connectivity index (χ0n) is 9.42. The molecule has 2 nitrogen and oxygen atoms in total. The van der Waals surface area contributed by atoms with Gasteiger partial charge in [-0.25, -0.2) is 0 Å². The first-order valence-corrected chi connectivity index (χ1v) is 6.84. The van der Waals surface area contributed by atoms with Gasteiger partial charge in [0, 0.05) is 30.3 Å². The Morgan fingerprint density at radius 3 is 3.00 bits per heavy atom. The lowest BCUT2D eigenvalue weighted by molar-refractivity contribution is 0.144. The van der Waals surface area contributed by atoms with Crippen molar-refractivity contribution in [3.63, 3.8) is 0 Å². The molecular weight excluding hydrogens is 194 g/mol. The third kappa shape index (κ3) is 4.67. The first-order valence-electron chi connectivity index (χ1n) is 5.79. The third-order valence-electron chi connectivity index (χ3n) is 2.55. The summed E-state index contributed by atoms with van der Waals surface area (Å²) in [7, 11) is 0. The van der Waals surface area contributed by atoms with Gasteiger partial charge in [0.05, 0.1) is 0 Å². The number of ether oxygens (including phenoxy) is 1. The zero-order chi connectivity index (χ0) is 10.2. The van der Waals surface area contributed by atoms with Gasteiger partial charge in [-0.3, -0.25) is 0 Å². The molecule has 0 radical (unpaired) electrons. The molecule has 0 aromatic carbocycles. The monoisotopic (exact) mass is 217 g/mol. The number of thioether (sulfide) groups is 1. The maximum atomic E-state index is 5.38. The second-order valence-electron chi connectivity index (χ2n) is 3.83. The van der Waals surface area contributed by atoms with Gasteiger partial charge in [0.15, 0.2) is 0 Å². The molecule has 0 aromatic heterocycles. The van der Waals surface area contributed by atoms with Crippen molar-refractivity contribution in [3.8, 4) is 0 Å². The zero-order valence-corrected chi connectivity index (χ0v) is 10.2. The highest BCUT2D eigenvalue weighted by atomic mass is 32.2. The predicted octanol–water partition coefficient (Wildman–Crippen LogP) is 2.29. The van der Waals surface area contributed by atoms with Crippen LogP contribution in [0.1, 0.15) is 33.1 Å². The van der Waals surface area contributed by atoms with E-state index in [0.29, 0.717) is 0 Å². The van der Waals surface area contributed by atoms with Gasteiger partial charge in [-0.2, -0.15) is 11.8 Å². The molecule has 0 saturated carbocycles. The highest BCUT2D eigenvalue weighted by Crippen LogP contribution is 2.29. The maximum Gasteiger partial charge on any atom is 0.0476 e. The predicted molar refractivity (Wildman–Crippen MR) is 64.1 cm³/mol. The lowest BCUT2D eigenvalue weighted by Gasteiger charge is -2.11. The molecule has 1 rings (SSSR count). The molecular formula is C11H23NOS. The molecule has 0 amide bonds. The van der Waals surface area contributed by atoms with Crippen LogP contribution < -0.4 is 5.32 Å². The number of nitrogens with one attached hydrogen (secondary N) is 1. The fourth-order valence-electron chi connectivity index (χ4n) is 1.76. The van der Waals surface area contributed by atoms with Gasteiger partial charge < -0.3 is 10.1 Å². The van der Waals surface area contributed by atoms with Gasteiger partial charge >= 0.3 is 0 Å². The van der Waals surface area contributed by atoms with Crippen molar-refractivity contribution < 1.29 is 4.74 Å². The largest absolute Gasteiger partial charge is 0.382 e. The van der Waals surface area contributed by atoms with Gasteiger partial charge in [0.1, 0.15) is 0 Å². The van der Waals surface area contributed by atoms with E-state index in [2.05, 4.69) is 30.9 Å². The number of hydrogen-bond donors (Lipinski definition) is 1. The van der Waals surface area contributed by atoms with Crippen LogP contribution in [0, 0.1) is 0 Å². The summed E-state index contributed by atoms with van der Waals surface area (Å²) in [5.41, 5.74) is 0. The van der Waals surface area contributed by atoms with Crippen LogP contribution in [0.25, 0.3) is 0 Å². The Hall–Kier alpha value is 0.270. The third-order valence-corrected chi connectivity index (χ3v) is 4.05. The standard InChI is InChI=1S/C11H23NOS/c1-3-6-12-10-8-11(14-9-10)5-7-13-4-2/h10-12H,3-9H2,1-2H3. The van der Waals surface area contributed by atoms with E-state index >= 15 is 0 Å². The van der Waals surface area contributed by atoms with Crippen LogP contribution >= 0.6 is 11.8 Å². The van der Waals surface area contributed by atoms with Crippen molar-refractivity contribution in [2.75, 3.05) is 25.5 Å². The Kier molecular flexibility index (Phi) is 6.65. The minimum atomic E-state index is 0.756. The van der Waals surface area contributed by atoms with Crippen molar-refractivity contribution in [2.45, 2.75) is 44.4 Å². The minimum Gasteiger partial charge on any atom is -0.382 e. The SMILES string of the molecule is CCCNC1CSC(CCOCC)C1. The summed E-state index contributed by atoms with van der Waals surface area (Å²) in [4.78, 5) is 0. The number of hydrogen-bond acceptors (Lipinski definition) is 3. The molecule has 0 spiro atoms. The lowest BCUT2D eigenvalue weighted by Crippen LogP contribution is -2.29. The normalized spacial score (nSPS) is 27.0. The number of rotatable bonds is 7. The highest BCUT2D eigenvalue weighted by molar-refractivity contribution is 8.00. The smallest absolute Gasteiger partial charge is 0.0476 e. The van der Waals surface area contributed by atoms with E-state index in [1.54, 1.807) is 0 Å². The summed E-state index contributed by atoms with van der Waals surface area (Å²) in [6.07, 6.45) is 3.80. The second-order valence-corrected chi connectivity index (χ2v) is 5.16. The van der Waals surface area contributed by atoms with Gasteiger partial charge in [-0.1, -0.05) is 6.92 Å². The van der Waals surface area contributed by atoms with E-state index in [1.807, 2.05) is 0 Å². The van der Waals surface area contributed by atoms with E-state index < -0.39 is 0 Å². The molecule has 14 heavy (non-hydrogen) atoms. The highest BCUT2D eigenvalue weighted by Gasteiger charge is 2.23. The van der Waals surface area contributed by atoms with E-state index in [4.69, 9.17) is 4.74 Å². The van der Waals surface area contributed by atoms with E-state index in [-0.39, 0.29) is 0 Å². The van der Waals surface area contributed by atoms with E-state index in [1.165, 1.54) is 31.6 Å². The summed E-state index contributed by atoms with van der Waals surface area (Å²) in [6, 6.07) is 0.756. The fourth-order valence-corrected chi connectivity index (χ4v) is 3.15. The van der Waals surface area contributed by atoms with Gasteiger partial charge in [0.25, 0.3) is 0 Å². The molecule has 2 unspecified atom stereocenters. The van der Waals surface area contributed by atoms with Crippen molar-refractivity contribution in [2.24, 2.45) is 0 Å².